The number of ether oxygens (including phenoxy) is 2. The molecule has 0 saturated heterocycles. The summed E-state index contributed by atoms with van der Waals surface area (Å²) in [5.74, 6) is -3.15. The number of carboxylic acids is 1. The van der Waals surface area contributed by atoms with Crippen LogP contribution in [0.25, 0.3) is 1.43 Å². The van der Waals surface area contributed by atoms with E-state index in [9.17, 15) is 19.2 Å². The van der Waals surface area contributed by atoms with Crippen LogP contribution in [0.4, 0.5) is 4.79 Å². The lowest BCUT2D eigenvalue weighted by atomic mass is 9.90. The zero-order chi connectivity index (χ0) is 19.7. The Morgan fingerprint density at radius 3 is 2.52 bits per heavy atom. The van der Waals surface area contributed by atoms with E-state index < -0.39 is 41.8 Å². The molecule has 0 aromatic heterocycles. The number of nitrogens with two attached hydrogens (primary N) is 1. The van der Waals surface area contributed by atoms with Gasteiger partial charge in [0.25, 0.3) is 1.43 Å². The molecule has 0 spiro atoms. The van der Waals surface area contributed by atoms with E-state index in [0.717, 1.165) is 14.0 Å². The van der Waals surface area contributed by atoms with Crippen LogP contribution >= 0.6 is 0 Å². The number of nitrogens with one attached hydrogen (secondary N) is 1. The number of methoxy groups -OCH3 is 1. The maximum absolute atomic E-state index is 12.5. The molecule has 25 heavy (non-hydrogen) atoms. The van der Waals surface area contributed by atoms with E-state index in [1.54, 1.807) is 30.3 Å². The van der Waals surface area contributed by atoms with Crippen molar-refractivity contribution in [2.45, 2.75) is 31.5 Å². The number of rotatable bonds is 8. The first kappa shape index (κ1) is 18.4. The molecule has 1 aromatic carbocycles. The highest BCUT2D eigenvalue weighted by atomic mass is 16.6. The number of hydrogen-bond acceptors (Lipinski definition) is 8. The molecule has 0 unspecified atom stereocenters. The zero-order valence-electron chi connectivity index (χ0n) is 14.8. The predicted octanol–water partition coefficient (Wildman–Crippen LogP) is 0.216. The van der Waals surface area contributed by atoms with Gasteiger partial charge in [-0.2, -0.15) is 0 Å². The monoisotopic (exact) mass is 353 g/mol. The van der Waals surface area contributed by atoms with E-state index in [2.05, 4.69) is 15.2 Å². The third kappa shape index (κ3) is 5.57. The van der Waals surface area contributed by atoms with Crippen LogP contribution in [0.15, 0.2) is 30.3 Å². The molecule has 9 heteroatoms. The van der Waals surface area contributed by atoms with Crippen LogP contribution in [0, 0.1) is 0 Å². The van der Waals surface area contributed by atoms with Gasteiger partial charge in [0, 0.05) is 0 Å². The third-order valence-electron chi connectivity index (χ3n) is 3.37. The Morgan fingerprint density at radius 2 is 1.96 bits per heavy atom. The highest BCUT2D eigenvalue weighted by Gasteiger charge is 2.46. The molecule has 4 N–H and O–H groups in total. The van der Waals surface area contributed by atoms with E-state index in [1.165, 1.54) is 0 Å². The van der Waals surface area contributed by atoms with Crippen molar-refractivity contribution in [3.63, 3.8) is 0 Å². The summed E-state index contributed by atoms with van der Waals surface area (Å²) in [6.07, 6.45) is -1.69. The highest BCUT2D eigenvalue weighted by Crippen LogP contribution is 2.13. The number of alkyl carbamates (subject to hydrolysis) is 1. The average molecular weight is 353 g/mol. The van der Waals surface area contributed by atoms with Gasteiger partial charge in [0.2, 0.25) is 0 Å². The second-order valence-electron chi connectivity index (χ2n) is 5.35. The number of esters is 1. The number of Topliss-reactive ketones (excluding diaryl/α,β-unsaturated/α-hetero) is 1. The predicted molar refractivity (Wildman–Crippen MR) is 85.4 cm³/mol. The lowest BCUT2D eigenvalue weighted by Gasteiger charge is -2.28. The average Bonchev–Trinajstić information content (AvgIpc) is 2.65. The van der Waals surface area contributed by atoms with E-state index in [1.807, 2.05) is 0 Å². The summed E-state index contributed by atoms with van der Waals surface area (Å²) in [6, 6.07) is 7.25. The fourth-order valence-corrected chi connectivity index (χ4v) is 2.02. The lowest BCUT2D eigenvalue weighted by Crippen LogP contribution is -2.62. The number of carbonyl (C=O) groups is 4. The van der Waals surface area contributed by atoms with E-state index in [0.29, 0.717) is 5.56 Å². The minimum atomic E-state index is -2.18. The number of carbonyl (C=O) groups excluding carboxylic acids is 3. The van der Waals surface area contributed by atoms with E-state index in [4.69, 9.17) is 11.9 Å². The van der Waals surface area contributed by atoms with Crippen molar-refractivity contribution in [3.8, 4) is 0 Å². The minimum absolute atomic E-state index is 0.0880. The maximum atomic E-state index is 12.5. The fourth-order valence-electron chi connectivity index (χ4n) is 2.02. The van der Waals surface area contributed by atoms with Crippen molar-refractivity contribution in [2.75, 3.05) is 7.11 Å². The molecule has 1 amide bonds. The largest absolute Gasteiger partial charge is 0.481 e. The van der Waals surface area contributed by atoms with Crippen molar-refractivity contribution >= 4 is 23.8 Å². The van der Waals surface area contributed by atoms with Gasteiger partial charge in [-0.3, -0.25) is 14.9 Å². The van der Waals surface area contributed by atoms with Crippen LogP contribution < -0.4 is 11.1 Å². The Hall–Kier alpha value is -2.94. The fraction of sp³-hybridized carbons (Fsp3) is 0.375. The van der Waals surface area contributed by atoms with Crippen molar-refractivity contribution in [1.82, 2.24) is 5.32 Å². The van der Waals surface area contributed by atoms with Gasteiger partial charge < -0.3 is 20.3 Å². The summed E-state index contributed by atoms with van der Waals surface area (Å²) >= 11 is 0. The van der Waals surface area contributed by atoms with Crippen molar-refractivity contribution in [3.05, 3.63) is 35.9 Å². The highest BCUT2D eigenvalue weighted by molar-refractivity contribution is 6.12. The zero-order valence-corrected chi connectivity index (χ0v) is 13.8. The first-order valence-corrected chi connectivity index (χ1v) is 7.27. The molecule has 0 saturated carbocycles. The Bertz CT molecular complexity index is 668. The SMILES string of the molecule is [2H]OC(=O)C[C@H](N)C(=O)[C@@](C)(NC(=O)OCc1ccccc1)C(=O)OC. The number of ketones is 1. The maximum Gasteiger partial charge on any atom is 0.408 e. The molecule has 1 aromatic rings. The molecule has 0 fully saturated rings. The second kappa shape index (κ2) is 8.78. The van der Waals surface area contributed by atoms with E-state index in [-0.39, 0.29) is 6.61 Å². The molecule has 0 aliphatic heterocycles. The van der Waals surface area contributed by atoms with Crippen molar-refractivity contribution in [2.24, 2.45) is 5.73 Å². The van der Waals surface area contributed by atoms with Crippen molar-refractivity contribution < 1.29 is 33.8 Å². The topological polar surface area (TPSA) is 145 Å². The Kier molecular flexibility index (Phi) is 6.47. The first-order valence-electron chi connectivity index (χ1n) is 7.68. The standard InChI is InChI=1S/C16H20N2O7/c1-16(14(22)24-2,13(21)11(17)8-12(19)20)18-15(23)25-9-10-6-4-3-5-7-10/h3-7,11H,8-9,17H2,1-2H3,(H,18,23)(H,19,20)/t11-,16+/m0/s1/i/hD. The van der Waals surface area contributed by atoms with Crippen LogP contribution in [0.5, 0.6) is 0 Å². The van der Waals surface area contributed by atoms with Crippen LogP contribution in [0.1, 0.15) is 18.9 Å². The van der Waals surface area contributed by atoms with Gasteiger partial charge in [0.05, 0.1) is 19.6 Å². The van der Waals surface area contributed by atoms with Gasteiger partial charge in [0.1, 0.15) is 6.61 Å². The summed E-state index contributed by atoms with van der Waals surface area (Å²) in [6.45, 7) is 0.992. The molecule has 0 bridgehead atoms. The second-order valence-corrected chi connectivity index (χ2v) is 5.35. The molecule has 9 nitrogen and oxygen atoms in total. The first-order chi connectivity index (χ1) is 12.2. The van der Waals surface area contributed by atoms with Gasteiger partial charge in [-0.1, -0.05) is 30.3 Å². The van der Waals surface area contributed by atoms with Crippen LogP contribution in [0.3, 0.4) is 0 Å². The quantitative estimate of drug-likeness (QED) is 0.444. The Balaban J connectivity index is 2.83. The van der Waals surface area contributed by atoms with Crippen molar-refractivity contribution in [1.29, 1.82) is 1.43 Å². The smallest absolute Gasteiger partial charge is 0.408 e. The summed E-state index contributed by atoms with van der Waals surface area (Å²) < 4.78 is 16.0. The van der Waals surface area contributed by atoms with Gasteiger partial charge in [-0.25, -0.2) is 9.59 Å². The summed E-state index contributed by atoms with van der Waals surface area (Å²) in [5, 5.41) is 5.81. The number of carboxylic acid groups (broad SMARTS) is 1. The van der Waals surface area contributed by atoms with Gasteiger partial charge in [-0.15, -0.1) is 0 Å². The van der Waals surface area contributed by atoms with E-state index >= 15 is 0 Å². The Labute approximate surface area is 145 Å². The molecule has 1 rings (SSSR count). The minimum Gasteiger partial charge on any atom is -0.481 e. The molecular weight excluding hydrogens is 332 g/mol. The summed E-state index contributed by atoms with van der Waals surface area (Å²) in [5.41, 5.74) is 4.10. The number of hydrogen-bond donors (Lipinski definition) is 3. The summed E-state index contributed by atoms with van der Waals surface area (Å²) in [4.78, 5) is 47.6. The number of aliphatic carboxylic acids is 1. The third-order valence-corrected chi connectivity index (χ3v) is 3.37. The van der Waals surface area contributed by atoms with Crippen LogP contribution in [0.2, 0.25) is 0 Å². The van der Waals surface area contributed by atoms with Crippen LogP contribution in [-0.4, -0.2) is 47.6 Å². The molecular formula is C16H20N2O7. The number of benzene rings is 1. The normalized spacial score (nSPS) is 14.3. The molecule has 0 aliphatic carbocycles. The Morgan fingerprint density at radius 1 is 1.32 bits per heavy atom. The lowest BCUT2D eigenvalue weighted by molar-refractivity contribution is -0.153. The van der Waals surface area contributed by atoms with Crippen LogP contribution in [-0.2, 0) is 30.5 Å². The van der Waals surface area contributed by atoms with Gasteiger partial charge in [-0.05, 0) is 12.5 Å². The van der Waals surface area contributed by atoms with Gasteiger partial charge >= 0.3 is 18.0 Å². The van der Waals surface area contributed by atoms with Gasteiger partial charge in [0.15, 0.2) is 11.3 Å². The number of amides is 1. The molecule has 0 heterocycles. The summed E-state index contributed by atoms with van der Waals surface area (Å²) in [7, 11) is 1.02. The molecule has 2 atom stereocenters. The molecule has 0 aliphatic rings. The molecule has 136 valence electrons. The molecule has 0 radical (unpaired) electrons.